The van der Waals surface area contributed by atoms with Crippen LogP contribution in [0, 0.1) is 23.2 Å². The molecule has 0 bridgehead atoms. The fourth-order valence-electron chi connectivity index (χ4n) is 7.42. The topological polar surface area (TPSA) is 81.1 Å². The van der Waals surface area contributed by atoms with Crippen LogP contribution in [0.3, 0.4) is 0 Å². The Hall–Kier alpha value is -0.990. The van der Waals surface area contributed by atoms with E-state index in [1.54, 1.807) is 9.88 Å². The predicted molar refractivity (Wildman–Crippen MR) is 137 cm³/mol. The maximum Gasteiger partial charge on any atom is 0.211 e. The Kier molecular flexibility index (Phi) is 7.80. The summed E-state index contributed by atoms with van der Waals surface area (Å²) in [5.74, 6) is 1.89. The van der Waals surface area contributed by atoms with Crippen LogP contribution in [-0.4, -0.2) is 79.0 Å². The van der Waals surface area contributed by atoms with Crippen molar-refractivity contribution in [3.8, 4) is 0 Å². The first kappa shape index (κ1) is 26.1. The summed E-state index contributed by atoms with van der Waals surface area (Å²) in [5, 5.41) is 20.3. The monoisotopic (exact) mass is 492 g/mol. The normalized spacial score (nSPS) is 38.2. The average Bonchev–Trinajstić information content (AvgIpc) is 3.13. The second-order valence-corrected chi connectivity index (χ2v) is 13.6. The van der Waals surface area contributed by atoms with Gasteiger partial charge in [-0.1, -0.05) is 43.7 Å². The maximum atomic E-state index is 11.8. The minimum atomic E-state index is -3.08. The Morgan fingerprint density at radius 3 is 2.38 bits per heavy atom. The quantitative estimate of drug-likeness (QED) is 0.576. The molecule has 3 saturated carbocycles. The van der Waals surface area contributed by atoms with Gasteiger partial charge in [-0.15, -0.1) is 0 Å². The molecule has 0 aromatic heterocycles. The summed E-state index contributed by atoms with van der Waals surface area (Å²) in [5.41, 5.74) is 3.52. The second-order valence-electron chi connectivity index (χ2n) is 11.6. The molecule has 1 aliphatic heterocycles. The van der Waals surface area contributed by atoms with E-state index < -0.39 is 22.2 Å². The summed E-state index contributed by atoms with van der Waals surface area (Å²) >= 11 is 0. The van der Waals surface area contributed by atoms with E-state index in [-0.39, 0.29) is 0 Å². The Morgan fingerprint density at radius 1 is 1.12 bits per heavy atom. The highest BCUT2D eigenvalue weighted by Crippen LogP contribution is 2.59. The van der Waals surface area contributed by atoms with Crippen molar-refractivity contribution in [2.24, 2.45) is 23.2 Å². The molecule has 4 aliphatic rings. The highest BCUT2D eigenvalue weighted by molar-refractivity contribution is 7.88. The molecule has 7 heteroatoms. The summed E-state index contributed by atoms with van der Waals surface area (Å²) in [6.07, 6.45) is 11.8. The molecule has 192 valence electrons. The van der Waals surface area contributed by atoms with E-state index in [9.17, 15) is 18.6 Å². The van der Waals surface area contributed by atoms with Crippen molar-refractivity contribution in [1.29, 1.82) is 0 Å². The molecule has 4 rings (SSSR count). The van der Waals surface area contributed by atoms with Gasteiger partial charge in [0.15, 0.2) is 0 Å². The third kappa shape index (κ3) is 5.39. The van der Waals surface area contributed by atoms with Crippen molar-refractivity contribution in [3.05, 3.63) is 35.5 Å². The molecule has 0 amide bonds. The van der Waals surface area contributed by atoms with E-state index in [2.05, 4.69) is 37.5 Å². The number of sulfonamides is 1. The lowest BCUT2D eigenvalue weighted by Crippen LogP contribution is -2.50. The predicted octanol–water partition coefficient (Wildman–Crippen LogP) is 3.34. The van der Waals surface area contributed by atoms with Gasteiger partial charge < -0.3 is 15.1 Å². The van der Waals surface area contributed by atoms with Crippen LogP contribution in [0.1, 0.15) is 58.8 Å². The van der Waals surface area contributed by atoms with Gasteiger partial charge >= 0.3 is 0 Å². The summed E-state index contributed by atoms with van der Waals surface area (Å²) in [6.45, 7) is 12.6. The van der Waals surface area contributed by atoms with Crippen LogP contribution >= 0.6 is 0 Å². The number of allylic oxidation sites excluding steroid dienone is 3. The third-order valence-corrected chi connectivity index (χ3v) is 10.7. The van der Waals surface area contributed by atoms with Gasteiger partial charge in [-0.25, -0.2) is 8.42 Å². The zero-order valence-electron chi connectivity index (χ0n) is 21.2. The van der Waals surface area contributed by atoms with Gasteiger partial charge in [0.05, 0.1) is 18.5 Å². The minimum Gasteiger partial charge on any atom is -0.388 e. The molecule has 3 aliphatic carbocycles. The van der Waals surface area contributed by atoms with Crippen molar-refractivity contribution in [2.75, 3.05) is 39.0 Å². The molecule has 0 aromatic carbocycles. The number of hydrogen-bond acceptors (Lipinski definition) is 5. The number of rotatable bonds is 5. The molecule has 0 radical (unpaired) electrons. The molecular weight excluding hydrogens is 448 g/mol. The first-order valence-corrected chi connectivity index (χ1v) is 14.9. The van der Waals surface area contributed by atoms with Gasteiger partial charge in [0.25, 0.3) is 0 Å². The Morgan fingerprint density at radius 2 is 1.76 bits per heavy atom. The lowest BCUT2D eigenvalue weighted by molar-refractivity contribution is 0.0699. The van der Waals surface area contributed by atoms with Crippen molar-refractivity contribution < 1.29 is 18.6 Å². The van der Waals surface area contributed by atoms with Crippen LogP contribution in [0.4, 0.5) is 0 Å². The number of aliphatic hydroxyl groups excluding tert-OH is 2. The lowest BCUT2D eigenvalue weighted by atomic mass is 9.61. The van der Waals surface area contributed by atoms with Crippen molar-refractivity contribution >= 4 is 10.0 Å². The SMILES string of the molecule is C=C1[C@H](O)CC(=C/C=C2\CCC[C@]3(C)[C@@H]([C@H](C)CN4CCN(S(C)(=O)=O)CC4)CC[C@@H]23)C[C@H]1O. The summed E-state index contributed by atoms with van der Waals surface area (Å²) < 4.78 is 25.3. The fourth-order valence-corrected chi connectivity index (χ4v) is 8.24. The highest BCUT2D eigenvalue weighted by Gasteiger charge is 2.50. The Balaban J connectivity index is 1.40. The zero-order chi connectivity index (χ0) is 24.7. The van der Waals surface area contributed by atoms with E-state index in [0.717, 1.165) is 31.6 Å². The molecule has 1 heterocycles. The van der Waals surface area contributed by atoms with Crippen LogP contribution in [0.2, 0.25) is 0 Å². The fraction of sp³-hybridized carbons (Fsp3) is 0.778. The standard InChI is InChI=1S/C27H44N2O4S/c1-19(18-28-12-14-29(15-13-28)34(4,32)33)23-9-10-24-22(6-5-11-27(23,24)3)8-7-21-16-25(30)20(2)26(31)17-21/h7-8,19,23-26,30-31H,2,5-6,9-18H2,1,3-4H3/b22-8+/t19-,23-,24+,25-,26-,27-/m1/s1. The molecule has 6 nitrogen and oxygen atoms in total. The van der Waals surface area contributed by atoms with Crippen molar-refractivity contribution in [3.63, 3.8) is 0 Å². The highest BCUT2D eigenvalue weighted by atomic mass is 32.2. The average molecular weight is 493 g/mol. The molecule has 1 saturated heterocycles. The maximum absolute atomic E-state index is 11.8. The minimum absolute atomic E-state index is 0.316. The van der Waals surface area contributed by atoms with Crippen molar-refractivity contribution in [1.82, 2.24) is 9.21 Å². The van der Waals surface area contributed by atoms with Crippen LogP contribution < -0.4 is 0 Å². The molecule has 4 fully saturated rings. The van der Waals surface area contributed by atoms with Gasteiger partial charge in [0.2, 0.25) is 10.0 Å². The molecule has 0 unspecified atom stereocenters. The Bertz CT molecular complexity index is 918. The van der Waals surface area contributed by atoms with Gasteiger partial charge in [-0.2, -0.15) is 4.31 Å². The first-order chi connectivity index (χ1) is 16.0. The largest absolute Gasteiger partial charge is 0.388 e. The number of aliphatic hydroxyl groups is 2. The molecule has 0 aromatic rings. The first-order valence-electron chi connectivity index (χ1n) is 13.1. The number of fused-ring (bicyclic) bond motifs is 1. The van der Waals surface area contributed by atoms with E-state index in [0.29, 0.717) is 54.7 Å². The number of hydrogen-bond donors (Lipinski definition) is 2. The molecule has 34 heavy (non-hydrogen) atoms. The lowest BCUT2D eigenvalue weighted by Gasteiger charge is -2.45. The molecule has 6 atom stereocenters. The second kappa shape index (κ2) is 10.2. The number of piperazine rings is 1. The van der Waals surface area contributed by atoms with Crippen LogP contribution in [0.5, 0.6) is 0 Å². The van der Waals surface area contributed by atoms with Gasteiger partial charge in [0.1, 0.15) is 0 Å². The van der Waals surface area contributed by atoms with E-state index in [1.165, 1.54) is 31.9 Å². The Labute approximate surface area is 206 Å². The van der Waals surface area contributed by atoms with Crippen molar-refractivity contribution in [2.45, 2.75) is 71.0 Å². The van der Waals surface area contributed by atoms with E-state index >= 15 is 0 Å². The van der Waals surface area contributed by atoms with Crippen LogP contribution in [0.25, 0.3) is 0 Å². The van der Waals surface area contributed by atoms with Gasteiger partial charge in [-0.05, 0) is 73.7 Å². The van der Waals surface area contributed by atoms with Crippen LogP contribution in [-0.2, 0) is 10.0 Å². The van der Waals surface area contributed by atoms with E-state index in [1.807, 2.05) is 0 Å². The van der Waals surface area contributed by atoms with Gasteiger partial charge in [0, 0.05) is 32.7 Å². The summed E-state index contributed by atoms with van der Waals surface area (Å²) in [4.78, 5) is 2.46. The smallest absolute Gasteiger partial charge is 0.211 e. The molecule has 2 N–H and O–H groups in total. The number of nitrogens with zero attached hydrogens (tertiary/aromatic N) is 2. The zero-order valence-corrected chi connectivity index (χ0v) is 22.1. The third-order valence-electron chi connectivity index (χ3n) is 9.37. The summed E-state index contributed by atoms with van der Waals surface area (Å²) in [6, 6.07) is 0. The molecular formula is C27H44N2O4S. The van der Waals surface area contributed by atoms with Gasteiger partial charge in [-0.3, -0.25) is 0 Å². The van der Waals surface area contributed by atoms with E-state index in [4.69, 9.17) is 0 Å². The molecule has 0 spiro atoms. The van der Waals surface area contributed by atoms with Crippen LogP contribution in [0.15, 0.2) is 35.5 Å². The summed E-state index contributed by atoms with van der Waals surface area (Å²) in [7, 11) is -3.08.